The second-order valence-corrected chi connectivity index (χ2v) is 9.27. The van der Waals surface area contributed by atoms with Gasteiger partial charge in [0.1, 0.15) is 11.6 Å². The summed E-state index contributed by atoms with van der Waals surface area (Å²) in [5, 5.41) is 2.79. The van der Waals surface area contributed by atoms with E-state index in [1.165, 1.54) is 5.56 Å². The van der Waals surface area contributed by atoms with E-state index in [2.05, 4.69) is 34.5 Å². The fourth-order valence-electron chi connectivity index (χ4n) is 3.42. The van der Waals surface area contributed by atoms with Crippen molar-refractivity contribution in [2.24, 2.45) is 5.92 Å². The van der Waals surface area contributed by atoms with Gasteiger partial charge in [-0.3, -0.25) is 9.69 Å². The van der Waals surface area contributed by atoms with Crippen LogP contribution in [0.15, 0.2) is 36.4 Å². The first-order valence-electron chi connectivity index (χ1n) is 10.9. The van der Waals surface area contributed by atoms with Gasteiger partial charge in [0.05, 0.1) is 0 Å². The number of carbonyl (C=O) groups excluding carboxylic acids is 2. The molecule has 2 rings (SSSR count). The Hall–Kier alpha value is -2.34. The van der Waals surface area contributed by atoms with Crippen molar-refractivity contribution in [3.63, 3.8) is 0 Å². The van der Waals surface area contributed by atoms with Crippen molar-refractivity contribution in [3.05, 3.63) is 42.0 Å². The number of hydrogen-bond donors (Lipinski definition) is 1. The fourth-order valence-corrected chi connectivity index (χ4v) is 3.42. The smallest absolute Gasteiger partial charge is 0.408 e. The van der Waals surface area contributed by atoms with Gasteiger partial charge in [-0.25, -0.2) is 4.79 Å². The second kappa shape index (κ2) is 11.2. The van der Waals surface area contributed by atoms with Gasteiger partial charge in [-0.05, 0) is 38.7 Å². The van der Waals surface area contributed by atoms with Crippen LogP contribution < -0.4 is 5.32 Å². The van der Waals surface area contributed by atoms with Crippen LogP contribution in [-0.4, -0.2) is 66.2 Å². The third-order valence-electron chi connectivity index (χ3n) is 4.85. The monoisotopic (exact) mass is 415 g/mol. The summed E-state index contributed by atoms with van der Waals surface area (Å²) in [6.45, 7) is 13.4. The molecule has 1 aromatic carbocycles. The van der Waals surface area contributed by atoms with Gasteiger partial charge in [-0.1, -0.05) is 56.3 Å². The van der Waals surface area contributed by atoms with Gasteiger partial charge in [-0.15, -0.1) is 0 Å². The summed E-state index contributed by atoms with van der Waals surface area (Å²) in [5.41, 5.74) is 0.602. The normalized spacial score (nSPS) is 16.7. The lowest BCUT2D eigenvalue weighted by Gasteiger charge is -2.36. The fraction of sp³-hybridized carbons (Fsp3) is 0.583. The number of carbonyl (C=O) groups is 2. The summed E-state index contributed by atoms with van der Waals surface area (Å²) in [6.07, 6.45) is 4.35. The van der Waals surface area contributed by atoms with Gasteiger partial charge < -0.3 is 15.0 Å². The van der Waals surface area contributed by atoms with Crippen LogP contribution in [0.25, 0.3) is 6.08 Å². The van der Waals surface area contributed by atoms with Crippen molar-refractivity contribution in [3.8, 4) is 0 Å². The first-order valence-corrected chi connectivity index (χ1v) is 10.9. The Balaban J connectivity index is 1.85. The highest BCUT2D eigenvalue weighted by Crippen LogP contribution is 2.13. The van der Waals surface area contributed by atoms with Crippen LogP contribution in [0.1, 0.15) is 46.6 Å². The van der Waals surface area contributed by atoms with Crippen LogP contribution in [0.3, 0.4) is 0 Å². The summed E-state index contributed by atoms with van der Waals surface area (Å²) >= 11 is 0. The van der Waals surface area contributed by atoms with E-state index >= 15 is 0 Å². The van der Waals surface area contributed by atoms with E-state index < -0.39 is 17.7 Å². The number of rotatable bonds is 7. The Morgan fingerprint density at radius 3 is 2.30 bits per heavy atom. The third-order valence-corrected chi connectivity index (χ3v) is 4.85. The molecule has 2 amide bonds. The van der Waals surface area contributed by atoms with Gasteiger partial charge in [0.25, 0.3) is 0 Å². The molecule has 0 aromatic heterocycles. The van der Waals surface area contributed by atoms with Gasteiger partial charge in [0.2, 0.25) is 5.91 Å². The number of alkyl carbamates (subject to hydrolysis) is 1. The van der Waals surface area contributed by atoms with Crippen LogP contribution in [0, 0.1) is 5.92 Å². The van der Waals surface area contributed by atoms with Gasteiger partial charge in [0.15, 0.2) is 0 Å². The third kappa shape index (κ3) is 8.57. The topological polar surface area (TPSA) is 61.9 Å². The molecule has 0 spiro atoms. The second-order valence-electron chi connectivity index (χ2n) is 9.27. The van der Waals surface area contributed by atoms with Crippen molar-refractivity contribution >= 4 is 18.1 Å². The molecule has 0 radical (unpaired) electrons. The lowest BCUT2D eigenvalue weighted by molar-refractivity contribution is -0.135. The zero-order valence-corrected chi connectivity index (χ0v) is 19.1. The zero-order valence-electron chi connectivity index (χ0n) is 19.1. The molecule has 1 heterocycles. The van der Waals surface area contributed by atoms with Crippen LogP contribution in [0.2, 0.25) is 0 Å². The molecule has 1 fully saturated rings. The van der Waals surface area contributed by atoms with Crippen LogP contribution in [-0.2, 0) is 9.53 Å². The molecule has 6 nitrogen and oxygen atoms in total. The maximum atomic E-state index is 13.1. The molecule has 0 aliphatic carbocycles. The van der Waals surface area contributed by atoms with Crippen molar-refractivity contribution in [2.45, 2.75) is 52.7 Å². The SMILES string of the molecule is CC(C)C[C@H](NC(=O)OC(C)(C)C)C(=O)N1CCN(CC=Cc2ccccc2)CC1. The number of nitrogens with zero attached hydrogens (tertiary/aromatic N) is 2. The largest absolute Gasteiger partial charge is 0.444 e. The number of benzene rings is 1. The van der Waals surface area contributed by atoms with Crippen molar-refractivity contribution in [1.82, 2.24) is 15.1 Å². The van der Waals surface area contributed by atoms with E-state index in [1.807, 2.05) is 57.7 Å². The van der Waals surface area contributed by atoms with Crippen molar-refractivity contribution < 1.29 is 14.3 Å². The van der Waals surface area contributed by atoms with Gasteiger partial charge in [-0.2, -0.15) is 0 Å². The molecular weight excluding hydrogens is 378 g/mol. The summed E-state index contributed by atoms with van der Waals surface area (Å²) in [6, 6.07) is 9.69. The Kier molecular flexibility index (Phi) is 8.90. The Bertz CT molecular complexity index is 702. The summed E-state index contributed by atoms with van der Waals surface area (Å²) < 4.78 is 5.35. The number of ether oxygens (including phenoxy) is 1. The van der Waals surface area contributed by atoms with Crippen LogP contribution in [0.4, 0.5) is 4.79 Å². The Morgan fingerprint density at radius 1 is 1.10 bits per heavy atom. The Morgan fingerprint density at radius 2 is 1.73 bits per heavy atom. The molecule has 0 unspecified atom stereocenters. The standard InChI is InChI=1S/C24H37N3O3/c1-19(2)18-21(25-23(29)30-24(3,4)5)22(28)27-16-14-26(15-17-27)13-9-12-20-10-7-6-8-11-20/h6-12,19,21H,13-18H2,1-5H3,(H,25,29)/t21-/m0/s1. The minimum atomic E-state index is -0.589. The van der Waals surface area contributed by atoms with E-state index in [0.29, 0.717) is 25.4 Å². The lowest BCUT2D eigenvalue weighted by Crippen LogP contribution is -2.55. The highest BCUT2D eigenvalue weighted by atomic mass is 16.6. The minimum absolute atomic E-state index is 0.0194. The zero-order chi connectivity index (χ0) is 22.1. The number of nitrogens with one attached hydrogen (secondary N) is 1. The first-order chi connectivity index (χ1) is 14.1. The molecule has 1 aromatic rings. The quantitative estimate of drug-likeness (QED) is 0.736. The molecule has 1 atom stereocenters. The molecule has 30 heavy (non-hydrogen) atoms. The average molecular weight is 416 g/mol. The molecule has 1 aliphatic heterocycles. The molecule has 1 aliphatic rings. The molecular formula is C24H37N3O3. The van der Waals surface area contributed by atoms with Gasteiger partial charge >= 0.3 is 6.09 Å². The van der Waals surface area contributed by atoms with E-state index in [-0.39, 0.29) is 5.91 Å². The van der Waals surface area contributed by atoms with E-state index in [0.717, 1.165) is 19.6 Å². The lowest BCUT2D eigenvalue weighted by atomic mass is 10.0. The van der Waals surface area contributed by atoms with Crippen molar-refractivity contribution in [1.29, 1.82) is 0 Å². The molecule has 1 N–H and O–H groups in total. The summed E-state index contributed by atoms with van der Waals surface area (Å²) in [5.74, 6) is 0.271. The minimum Gasteiger partial charge on any atom is -0.444 e. The molecule has 166 valence electrons. The average Bonchev–Trinajstić information content (AvgIpc) is 2.66. The summed E-state index contributed by atoms with van der Waals surface area (Å²) in [4.78, 5) is 29.5. The molecule has 6 heteroatoms. The maximum Gasteiger partial charge on any atom is 0.408 e. The first kappa shape index (κ1) is 23.9. The number of piperazine rings is 1. The van der Waals surface area contributed by atoms with Crippen LogP contribution in [0.5, 0.6) is 0 Å². The maximum absolute atomic E-state index is 13.1. The van der Waals surface area contributed by atoms with Gasteiger partial charge in [0, 0.05) is 32.7 Å². The molecule has 1 saturated heterocycles. The predicted octanol–water partition coefficient (Wildman–Crippen LogP) is 3.78. The Labute approximate surface area is 181 Å². The highest BCUT2D eigenvalue weighted by Gasteiger charge is 2.30. The summed E-state index contributed by atoms with van der Waals surface area (Å²) in [7, 11) is 0. The van der Waals surface area contributed by atoms with Crippen LogP contribution >= 0.6 is 0 Å². The number of amides is 2. The molecule has 0 saturated carbocycles. The van der Waals surface area contributed by atoms with E-state index in [9.17, 15) is 9.59 Å². The number of hydrogen-bond acceptors (Lipinski definition) is 4. The highest BCUT2D eigenvalue weighted by molar-refractivity contribution is 5.85. The van der Waals surface area contributed by atoms with Crippen molar-refractivity contribution in [2.75, 3.05) is 32.7 Å². The predicted molar refractivity (Wildman–Crippen MR) is 121 cm³/mol. The van der Waals surface area contributed by atoms with E-state index in [1.54, 1.807) is 0 Å². The molecule has 0 bridgehead atoms. The van der Waals surface area contributed by atoms with E-state index in [4.69, 9.17) is 4.74 Å².